The van der Waals surface area contributed by atoms with Crippen molar-refractivity contribution in [3.63, 3.8) is 0 Å². The third-order valence-corrected chi connectivity index (χ3v) is 15.4. The van der Waals surface area contributed by atoms with E-state index in [1.165, 1.54) is 4.90 Å². The number of alkyl carbamates (subject to hydrolysis) is 1. The number of rotatable bonds is 4. The van der Waals surface area contributed by atoms with Crippen LogP contribution in [0.15, 0.2) is 30.4 Å². The smallest absolute Gasteiger partial charge is 0.408 e. The minimum atomic E-state index is -3.99. The summed E-state index contributed by atoms with van der Waals surface area (Å²) in [7, 11) is -2.41. The van der Waals surface area contributed by atoms with Gasteiger partial charge in [-0.1, -0.05) is 37.8 Å². The van der Waals surface area contributed by atoms with Gasteiger partial charge in [-0.15, -0.1) is 0 Å². The molecule has 6 aliphatic rings. The number of nitrogens with zero attached hydrogens (tertiary/aromatic N) is 3. The Balaban J connectivity index is 1.14. The first kappa shape index (κ1) is 40.3. The normalized spacial score (nSPS) is 32.2. The van der Waals surface area contributed by atoms with E-state index in [1.54, 1.807) is 20.1 Å². The lowest BCUT2D eigenvalue weighted by Crippen LogP contribution is -2.58. The van der Waals surface area contributed by atoms with Crippen molar-refractivity contribution in [1.29, 1.82) is 0 Å². The summed E-state index contributed by atoms with van der Waals surface area (Å²) >= 11 is 0. The molecule has 1 saturated heterocycles. The number of aromatic nitrogens is 2. The van der Waals surface area contributed by atoms with Crippen molar-refractivity contribution < 1.29 is 41.8 Å². The number of fused-ring (bicyclic) bond motifs is 6. The van der Waals surface area contributed by atoms with Crippen LogP contribution >= 0.6 is 0 Å². The maximum atomic E-state index is 14.7. The second-order valence-electron chi connectivity index (χ2n) is 17.5. The Morgan fingerprint density at radius 2 is 1.76 bits per heavy atom. The molecule has 58 heavy (non-hydrogen) atoms. The summed E-state index contributed by atoms with van der Waals surface area (Å²) in [6, 6.07) is 3.41. The molecule has 2 aromatic rings. The Labute approximate surface area is 339 Å². The highest BCUT2D eigenvalue weighted by molar-refractivity contribution is 7.91. The predicted octanol–water partition coefficient (Wildman–Crippen LogP) is 4.76. The molecule has 4 heterocycles. The summed E-state index contributed by atoms with van der Waals surface area (Å²) in [5, 5.41) is 5.82. The van der Waals surface area contributed by atoms with Crippen molar-refractivity contribution >= 4 is 44.9 Å². The molecule has 16 heteroatoms. The Morgan fingerprint density at radius 1 is 0.966 bits per heavy atom. The number of benzene rings is 1. The first-order valence-electron chi connectivity index (χ1n) is 21.2. The lowest BCUT2D eigenvalue weighted by molar-refractivity contribution is -0.141. The summed E-state index contributed by atoms with van der Waals surface area (Å²) in [6.45, 7) is 1.60. The average Bonchev–Trinajstić information content (AvgIpc) is 4.00. The van der Waals surface area contributed by atoms with Gasteiger partial charge in [-0.2, -0.15) is 0 Å². The Morgan fingerprint density at radius 3 is 2.57 bits per heavy atom. The first-order valence-corrected chi connectivity index (χ1v) is 22.7. The first-order chi connectivity index (χ1) is 27.9. The van der Waals surface area contributed by atoms with Crippen LogP contribution < -0.4 is 24.8 Å². The monoisotopic (exact) mass is 820 g/mol. The Bertz CT molecular complexity index is 2070. The molecule has 0 spiro atoms. The molecule has 7 atom stereocenters. The Hall–Kier alpha value is -4.47. The maximum absolute atomic E-state index is 14.7. The molecule has 4 fully saturated rings. The fraction of sp³-hybridized carbons (Fsp3) is 0.667. The molecule has 8 rings (SSSR count). The van der Waals surface area contributed by atoms with Gasteiger partial charge in [0.05, 0.1) is 29.4 Å². The predicted molar refractivity (Wildman–Crippen MR) is 213 cm³/mol. The molecule has 314 valence electrons. The number of hydrogen-bond donors (Lipinski definition) is 3. The quantitative estimate of drug-likeness (QED) is 0.360. The second kappa shape index (κ2) is 16.3. The zero-order valence-electron chi connectivity index (χ0n) is 33.5. The van der Waals surface area contributed by atoms with Crippen LogP contribution in [-0.2, 0) is 35.6 Å². The highest BCUT2D eigenvalue weighted by atomic mass is 32.2. The minimum Gasteiger partial charge on any atom is -0.497 e. The van der Waals surface area contributed by atoms with E-state index in [0.717, 1.165) is 57.8 Å². The van der Waals surface area contributed by atoms with Gasteiger partial charge in [0.1, 0.15) is 41.3 Å². The van der Waals surface area contributed by atoms with E-state index in [9.17, 15) is 27.6 Å². The van der Waals surface area contributed by atoms with Gasteiger partial charge in [-0.3, -0.25) is 19.1 Å². The topological polar surface area (TPSA) is 195 Å². The fourth-order valence-corrected chi connectivity index (χ4v) is 10.5. The standard InChI is InChI=1S/C42H56N6O9S/c1-41(20-21-41)58(53,54)47-39(51)42-24-27(42)14-8-4-3-5-9-16-32-38(50)48-25-29(23-34(48)36(49)46-42)56-37-31(43-30-19-18-28(55-2)22-33(30)44-37)15-10-6-7-12-26-13-11-17-35(26)57-40(52)45-32/h8,14,18-19,22,26-27,29,32,34-35H,3-7,9-13,15-17,20-21,23-25H2,1-2H3,(H,45,52)(H,46,49)(H,47,51)/b14-8-/t26?,27-,29-,32+,34+,35-,42-/m1/s1. The zero-order valence-corrected chi connectivity index (χ0v) is 34.3. The molecule has 3 aliphatic heterocycles. The fourth-order valence-electron chi connectivity index (χ4n) is 9.22. The van der Waals surface area contributed by atoms with Crippen LogP contribution in [0.1, 0.15) is 115 Å². The van der Waals surface area contributed by atoms with Gasteiger partial charge >= 0.3 is 6.09 Å². The SMILES string of the molecule is COc1ccc2nc3c(nc2c1)O[C@@H]1C[C@H]2C(=O)N[C@]4(C(=O)NS(=O)(=O)C5(C)CC5)C[C@H]4/C=C\CCCCC[C@H](NC(=O)O[C@@H]4CCCC4CCCCC3)C(=O)N2C1. The van der Waals surface area contributed by atoms with Gasteiger partial charge in [0, 0.05) is 18.4 Å². The van der Waals surface area contributed by atoms with Gasteiger partial charge in [-0.25, -0.2) is 23.2 Å². The van der Waals surface area contributed by atoms with E-state index in [2.05, 4.69) is 15.4 Å². The Kier molecular flexibility index (Phi) is 11.3. The summed E-state index contributed by atoms with van der Waals surface area (Å²) in [4.78, 5) is 68.1. The highest BCUT2D eigenvalue weighted by Crippen LogP contribution is 2.47. The number of allylic oxidation sites excluding steroid dienone is 1. The second-order valence-corrected chi connectivity index (χ2v) is 19.7. The van der Waals surface area contributed by atoms with Crippen LogP contribution in [0.3, 0.4) is 0 Å². The van der Waals surface area contributed by atoms with E-state index in [1.807, 2.05) is 24.3 Å². The lowest BCUT2D eigenvalue weighted by Gasteiger charge is -2.30. The molecular formula is C42H56N6O9S. The maximum Gasteiger partial charge on any atom is 0.408 e. The summed E-state index contributed by atoms with van der Waals surface area (Å²) in [6.07, 6.45) is 13.7. The number of hydrogen-bond acceptors (Lipinski definition) is 11. The molecule has 3 N–H and O–H groups in total. The van der Waals surface area contributed by atoms with Crippen LogP contribution in [0.5, 0.6) is 11.6 Å². The van der Waals surface area contributed by atoms with Crippen molar-refractivity contribution in [1.82, 2.24) is 30.2 Å². The van der Waals surface area contributed by atoms with E-state index < -0.39 is 68.2 Å². The summed E-state index contributed by atoms with van der Waals surface area (Å²) in [5.41, 5.74) is 0.437. The van der Waals surface area contributed by atoms with Gasteiger partial charge < -0.3 is 29.7 Å². The van der Waals surface area contributed by atoms with Crippen LogP contribution in [0.4, 0.5) is 4.79 Å². The van der Waals surface area contributed by atoms with E-state index in [4.69, 9.17) is 24.2 Å². The molecule has 3 bridgehead atoms. The van der Waals surface area contributed by atoms with Gasteiger partial charge in [0.2, 0.25) is 27.7 Å². The van der Waals surface area contributed by atoms with Crippen molar-refractivity contribution in [3.8, 4) is 11.6 Å². The zero-order chi connectivity index (χ0) is 40.7. The van der Waals surface area contributed by atoms with Crippen LogP contribution in [-0.4, -0.2) is 95.3 Å². The molecule has 1 unspecified atom stereocenters. The largest absolute Gasteiger partial charge is 0.497 e. The summed E-state index contributed by atoms with van der Waals surface area (Å²) < 4.78 is 45.8. The number of sulfonamides is 1. The van der Waals surface area contributed by atoms with Gasteiger partial charge in [0.15, 0.2) is 0 Å². The third-order valence-electron chi connectivity index (χ3n) is 13.3. The number of carbonyl (C=O) groups excluding carboxylic acids is 4. The highest BCUT2D eigenvalue weighted by Gasteiger charge is 2.63. The number of nitrogens with one attached hydrogen (secondary N) is 3. The molecule has 3 saturated carbocycles. The average molecular weight is 821 g/mol. The van der Waals surface area contributed by atoms with Crippen molar-refractivity contribution in [2.45, 2.75) is 151 Å². The number of amides is 4. The van der Waals surface area contributed by atoms with E-state index >= 15 is 0 Å². The molecule has 1 aromatic carbocycles. The van der Waals surface area contributed by atoms with Crippen LogP contribution in [0.2, 0.25) is 0 Å². The number of methoxy groups -OCH3 is 1. The van der Waals surface area contributed by atoms with Crippen molar-refractivity contribution in [2.75, 3.05) is 13.7 Å². The van der Waals surface area contributed by atoms with E-state index in [0.29, 0.717) is 66.9 Å². The molecule has 4 amide bonds. The lowest BCUT2D eigenvalue weighted by atomic mass is 9.97. The number of carbonyl (C=O) groups is 4. The number of ether oxygens (including phenoxy) is 3. The van der Waals surface area contributed by atoms with Crippen LogP contribution in [0.25, 0.3) is 11.0 Å². The van der Waals surface area contributed by atoms with Crippen molar-refractivity contribution in [3.05, 3.63) is 36.0 Å². The minimum absolute atomic E-state index is 0.00137. The summed E-state index contributed by atoms with van der Waals surface area (Å²) in [5.74, 6) is -1.10. The molecule has 15 nitrogen and oxygen atoms in total. The van der Waals surface area contributed by atoms with E-state index in [-0.39, 0.29) is 31.4 Å². The molecular weight excluding hydrogens is 765 g/mol. The van der Waals surface area contributed by atoms with Gasteiger partial charge in [0.25, 0.3) is 5.91 Å². The number of aryl methyl sites for hydroxylation is 1. The molecule has 1 aromatic heterocycles. The third kappa shape index (κ3) is 8.35. The van der Waals surface area contributed by atoms with Crippen molar-refractivity contribution in [2.24, 2.45) is 11.8 Å². The molecule has 3 aliphatic carbocycles. The van der Waals surface area contributed by atoms with Gasteiger partial charge in [-0.05, 0) is 102 Å². The van der Waals surface area contributed by atoms with Crippen LogP contribution in [0, 0.1) is 11.8 Å². The molecule has 0 radical (unpaired) electrons.